The summed E-state index contributed by atoms with van der Waals surface area (Å²) in [5.74, 6) is 0.628. The summed E-state index contributed by atoms with van der Waals surface area (Å²) in [4.78, 5) is 0. The maximum absolute atomic E-state index is 9.60. The predicted molar refractivity (Wildman–Crippen MR) is 47.5 cm³/mol. The van der Waals surface area contributed by atoms with E-state index >= 15 is 0 Å². The van der Waals surface area contributed by atoms with Crippen molar-refractivity contribution in [3.05, 3.63) is 0 Å². The summed E-state index contributed by atoms with van der Waals surface area (Å²) in [6.07, 6.45) is 8.73. The van der Waals surface area contributed by atoms with Crippen molar-refractivity contribution in [3.63, 3.8) is 0 Å². The molecule has 11 heavy (non-hydrogen) atoms. The summed E-state index contributed by atoms with van der Waals surface area (Å²) in [6, 6.07) is 0. The van der Waals surface area contributed by atoms with Crippen LogP contribution in [-0.2, 0) is 0 Å². The molecule has 0 radical (unpaired) electrons. The van der Waals surface area contributed by atoms with E-state index in [1.54, 1.807) is 0 Å². The van der Waals surface area contributed by atoms with E-state index in [0.29, 0.717) is 5.92 Å². The van der Waals surface area contributed by atoms with Gasteiger partial charge in [0.2, 0.25) is 0 Å². The Morgan fingerprint density at radius 2 is 2.00 bits per heavy atom. The van der Waals surface area contributed by atoms with E-state index in [-0.39, 0.29) is 6.10 Å². The van der Waals surface area contributed by atoms with Gasteiger partial charge in [-0.05, 0) is 25.2 Å². The lowest BCUT2D eigenvalue weighted by atomic mass is 9.83. The van der Waals surface area contributed by atoms with Gasteiger partial charge in [-0.15, -0.1) is 0 Å². The molecule has 0 amide bonds. The highest BCUT2D eigenvalue weighted by Crippen LogP contribution is 2.28. The van der Waals surface area contributed by atoms with E-state index in [0.717, 1.165) is 6.42 Å². The molecule has 2 unspecified atom stereocenters. The Morgan fingerprint density at radius 1 is 1.27 bits per heavy atom. The summed E-state index contributed by atoms with van der Waals surface area (Å²) < 4.78 is 0. The molecule has 1 heteroatoms. The van der Waals surface area contributed by atoms with Crippen LogP contribution in [0.1, 0.15) is 51.9 Å². The van der Waals surface area contributed by atoms with Gasteiger partial charge in [-0.25, -0.2) is 0 Å². The molecule has 0 aromatic carbocycles. The van der Waals surface area contributed by atoms with Crippen molar-refractivity contribution < 1.29 is 5.11 Å². The van der Waals surface area contributed by atoms with Crippen LogP contribution in [0.3, 0.4) is 0 Å². The maximum Gasteiger partial charge on any atom is 0.0568 e. The third-order valence-electron chi connectivity index (χ3n) is 2.80. The molecular formula is C10H20O. The van der Waals surface area contributed by atoms with Gasteiger partial charge in [0.1, 0.15) is 0 Å². The monoisotopic (exact) mass is 156 g/mol. The Balaban J connectivity index is 2.18. The highest BCUT2D eigenvalue weighted by atomic mass is 16.3. The van der Waals surface area contributed by atoms with Crippen LogP contribution in [0.5, 0.6) is 0 Å². The molecule has 0 bridgehead atoms. The number of hydrogen-bond donors (Lipinski definition) is 1. The van der Waals surface area contributed by atoms with Gasteiger partial charge in [-0.1, -0.05) is 32.6 Å². The number of aliphatic hydroxyl groups is 1. The molecule has 2 atom stereocenters. The smallest absolute Gasteiger partial charge is 0.0568 e. The van der Waals surface area contributed by atoms with Crippen LogP contribution in [0.25, 0.3) is 0 Å². The minimum atomic E-state index is 0.0234. The van der Waals surface area contributed by atoms with Crippen molar-refractivity contribution in [2.45, 2.75) is 58.0 Å². The van der Waals surface area contributed by atoms with Crippen LogP contribution in [0, 0.1) is 5.92 Å². The second kappa shape index (κ2) is 4.76. The second-order valence-corrected chi connectivity index (χ2v) is 3.75. The molecule has 0 heterocycles. The van der Waals surface area contributed by atoms with Crippen molar-refractivity contribution in [1.29, 1.82) is 0 Å². The minimum Gasteiger partial charge on any atom is -0.393 e. The van der Waals surface area contributed by atoms with E-state index in [9.17, 15) is 5.11 Å². The summed E-state index contributed by atoms with van der Waals surface area (Å²) in [6.45, 7) is 2.22. The molecule has 0 aromatic rings. The van der Waals surface area contributed by atoms with Gasteiger partial charge < -0.3 is 5.11 Å². The summed E-state index contributed by atoms with van der Waals surface area (Å²) >= 11 is 0. The lowest BCUT2D eigenvalue weighted by molar-refractivity contribution is 0.0642. The quantitative estimate of drug-likeness (QED) is 0.666. The first kappa shape index (κ1) is 9.05. The molecular weight excluding hydrogens is 136 g/mol. The van der Waals surface area contributed by atoms with Crippen LogP contribution >= 0.6 is 0 Å². The van der Waals surface area contributed by atoms with Gasteiger partial charge in [0.15, 0.2) is 0 Å². The maximum atomic E-state index is 9.60. The number of unbranched alkanes of at least 4 members (excludes halogenated alkanes) is 1. The molecule has 0 aliphatic heterocycles. The molecule has 1 saturated carbocycles. The van der Waals surface area contributed by atoms with Crippen LogP contribution in [0.15, 0.2) is 0 Å². The molecule has 1 rings (SSSR count). The third kappa shape index (κ3) is 2.82. The van der Waals surface area contributed by atoms with Crippen molar-refractivity contribution >= 4 is 0 Å². The van der Waals surface area contributed by atoms with Gasteiger partial charge in [-0.3, -0.25) is 0 Å². The zero-order valence-corrected chi connectivity index (χ0v) is 7.55. The fourth-order valence-corrected chi connectivity index (χ4v) is 1.99. The first-order valence-corrected chi connectivity index (χ1v) is 5.02. The van der Waals surface area contributed by atoms with Gasteiger partial charge in [0.05, 0.1) is 6.10 Å². The lowest BCUT2D eigenvalue weighted by Crippen LogP contribution is -2.24. The molecule has 1 N–H and O–H groups in total. The Hall–Kier alpha value is -0.0400. The molecule has 0 saturated heterocycles. The van der Waals surface area contributed by atoms with Crippen molar-refractivity contribution in [2.75, 3.05) is 0 Å². The van der Waals surface area contributed by atoms with Crippen LogP contribution in [0.4, 0.5) is 0 Å². The van der Waals surface area contributed by atoms with E-state index < -0.39 is 0 Å². The van der Waals surface area contributed by atoms with Gasteiger partial charge in [0, 0.05) is 0 Å². The topological polar surface area (TPSA) is 20.2 Å². The highest BCUT2D eigenvalue weighted by Gasteiger charge is 2.21. The van der Waals surface area contributed by atoms with Gasteiger partial charge >= 0.3 is 0 Å². The summed E-state index contributed by atoms with van der Waals surface area (Å²) in [5, 5.41) is 9.60. The molecule has 1 aliphatic carbocycles. The molecule has 66 valence electrons. The normalized spacial score (nSPS) is 32.2. The predicted octanol–water partition coefficient (Wildman–Crippen LogP) is 2.73. The number of aliphatic hydroxyl groups excluding tert-OH is 1. The molecule has 1 fully saturated rings. The minimum absolute atomic E-state index is 0.0234. The van der Waals surface area contributed by atoms with Crippen molar-refractivity contribution in [1.82, 2.24) is 0 Å². The Kier molecular flexibility index (Phi) is 3.92. The second-order valence-electron chi connectivity index (χ2n) is 3.75. The third-order valence-corrected chi connectivity index (χ3v) is 2.80. The standard InChI is InChI=1S/C10H20O/c1-2-3-6-9-7-4-5-8-10(9)11/h9-11H,2-8H2,1H3. The Labute approximate surface area is 69.8 Å². The zero-order chi connectivity index (χ0) is 8.10. The fourth-order valence-electron chi connectivity index (χ4n) is 1.99. The molecule has 0 spiro atoms. The van der Waals surface area contributed by atoms with E-state index in [4.69, 9.17) is 0 Å². The van der Waals surface area contributed by atoms with Crippen LogP contribution in [0.2, 0.25) is 0 Å². The van der Waals surface area contributed by atoms with Crippen LogP contribution in [-0.4, -0.2) is 11.2 Å². The zero-order valence-electron chi connectivity index (χ0n) is 7.55. The first-order chi connectivity index (χ1) is 5.34. The molecule has 1 nitrogen and oxygen atoms in total. The number of rotatable bonds is 3. The van der Waals surface area contributed by atoms with Crippen molar-refractivity contribution in [3.8, 4) is 0 Å². The molecule has 1 aliphatic rings. The Morgan fingerprint density at radius 3 is 2.64 bits per heavy atom. The fraction of sp³-hybridized carbons (Fsp3) is 1.00. The SMILES string of the molecule is CCCCC1CCCCC1O. The van der Waals surface area contributed by atoms with Crippen LogP contribution < -0.4 is 0 Å². The highest BCUT2D eigenvalue weighted by molar-refractivity contribution is 4.73. The van der Waals surface area contributed by atoms with E-state index in [1.807, 2.05) is 0 Å². The average molecular weight is 156 g/mol. The number of hydrogen-bond acceptors (Lipinski definition) is 1. The van der Waals surface area contributed by atoms with E-state index in [1.165, 1.54) is 38.5 Å². The summed E-state index contributed by atoms with van der Waals surface area (Å²) in [5.41, 5.74) is 0. The largest absolute Gasteiger partial charge is 0.393 e. The van der Waals surface area contributed by atoms with Gasteiger partial charge in [-0.2, -0.15) is 0 Å². The Bertz CT molecular complexity index is 101. The lowest BCUT2D eigenvalue weighted by Gasteiger charge is -2.27. The summed E-state index contributed by atoms with van der Waals surface area (Å²) in [7, 11) is 0. The molecule has 0 aromatic heterocycles. The van der Waals surface area contributed by atoms with Crippen molar-refractivity contribution in [2.24, 2.45) is 5.92 Å². The van der Waals surface area contributed by atoms with Gasteiger partial charge in [0.25, 0.3) is 0 Å². The first-order valence-electron chi connectivity index (χ1n) is 5.02. The van der Waals surface area contributed by atoms with E-state index in [2.05, 4.69) is 6.92 Å². The average Bonchev–Trinajstić information content (AvgIpc) is 2.03.